The Hall–Kier alpha value is -1.78. The van der Waals surface area contributed by atoms with Crippen molar-refractivity contribution in [2.75, 3.05) is 14.1 Å². The van der Waals surface area contributed by atoms with E-state index >= 15 is 0 Å². The number of benzene rings is 1. The third-order valence-electron chi connectivity index (χ3n) is 4.33. The predicted octanol–water partition coefficient (Wildman–Crippen LogP) is 3.82. The second-order valence-electron chi connectivity index (χ2n) is 6.01. The Morgan fingerprint density at radius 3 is 2.59 bits per heavy atom. The zero-order valence-electron chi connectivity index (χ0n) is 13.6. The highest BCUT2D eigenvalue weighted by molar-refractivity contribution is 6.31. The minimum Gasteiger partial charge on any atom is -0.361 e. The summed E-state index contributed by atoms with van der Waals surface area (Å²) in [7, 11) is 6.20. The zero-order valence-corrected chi connectivity index (χ0v) is 14.4. The first-order chi connectivity index (χ1) is 10.4. The lowest BCUT2D eigenvalue weighted by molar-refractivity contribution is 0.342. The van der Waals surface area contributed by atoms with E-state index in [2.05, 4.69) is 55.2 Å². The van der Waals surface area contributed by atoms with E-state index in [1.54, 1.807) is 0 Å². The van der Waals surface area contributed by atoms with Crippen molar-refractivity contribution in [1.82, 2.24) is 19.7 Å². The number of hydrogen-bond acceptors (Lipinski definition) is 2. The molecule has 0 fully saturated rings. The summed E-state index contributed by atoms with van der Waals surface area (Å²) in [5.74, 6) is 0. The number of aromatic amines is 1. The van der Waals surface area contributed by atoms with Crippen LogP contribution in [0, 0.1) is 13.8 Å². The van der Waals surface area contributed by atoms with Gasteiger partial charge in [-0.2, -0.15) is 5.10 Å². The summed E-state index contributed by atoms with van der Waals surface area (Å²) >= 11 is 6.10. The second kappa shape index (κ2) is 5.45. The molecule has 3 aromatic rings. The Morgan fingerprint density at radius 2 is 2.00 bits per heavy atom. The van der Waals surface area contributed by atoms with Crippen LogP contribution < -0.4 is 0 Å². The quantitative estimate of drug-likeness (QED) is 0.797. The van der Waals surface area contributed by atoms with E-state index in [9.17, 15) is 0 Å². The van der Waals surface area contributed by atoms with Gasteiger partial charge in [0.05, 0.1) is 11.7 Å². The number of H-pyrrole nitrogens is 1. The van der Waals surface area contributed by atoms with Crippen LogP contribution in [0.3, 0.4) is 0 Å². The molecule has 0 bridgehead atoms. The lowest BCUT2D eigenvalue weighted by atomic mass is 9.95. The lowest BCUT2D eigenvalue weighted by Gasteiger charge is -2.25. The molecular weight excluding hydrogens is 296 g/mol. The van der Waals surface area contributed by atoms with Crippen molar-refractivity contribution in [3.63, 3.8) is 0 Å². The summed E-state index contributed by atoms with van der Waals surface area (Å²) in [5.41, 5.74) is 5.84. The summed E-state index contributed by atoms with van der Waals surface area (Å²) in [5, 5.41) is 6.52. The largest absolute Gasteiger partial charge is 0.361 e. The maximum Gasteiger partial charge on any atom is 0.0654 e. The summed E-state index contributed by atoms with van der Waals surface area (Å²) in [4.78, 5) is 5.57. The molecule has 22 heavy (non-hydrogen) atoms. The van der Waals surface area contributed by atoms with Gasteiger partial charge in [0.2, 0.25) is 0 Å². The number of nitrogens with one attached hydrogen (secondary N) is 1. The molecule has 0 spiro atoms. The third-order valence-corrected chi connectivity index (χ3v) is 4.56. The minimum atomic E-state index is 0.156. The van der Waals surface area contributed by atoms with Crippen LogP contribution >= 0.6 is 11.6 Å². The SMILES string of the molecule is Cc1nn(C)c(C)c1C(c1c[nH]c2cc(Cl)ccc12)N(C)C. The van der Waals surface area contributed by atoms with Crippen LogP contribution in [-0.2, 0) is 7.05 Å². The van der Waals surface area contributed by atoms with Gasteiger partial charge in [-0.05, 0) is 45.6 Å². The van der Waals surface area contributed by atoms with Crippen molar-refractivity contribution in [1.29, 1.82) is 0 Å². The second-order valence-corrected chi connectivity index (χ2v) is 6.44. The van der Waals surface area contributed by atoms with Gasteiger partial charge in [-0.15, -0.1) is 0 Å². The van der Waals surface area contributed by atoms with Crippen molar-refractivity contribution < 1.29 is 0 Å². The van der Waals surface area contributed by atoms with Gasteiger partial charge in [-0.3, -0.25) is 9.58 Å². The first kappa shape index (κ1) is 15.1. The molecule has 0 saturated heterocycles. The highest BCUT2D eigenvalue weighted by Crippen LogP contribution is 2.35. The molecule has 4 nitrogen and oxygen atoms in total. The fourth-order valence-corrected chi connectivity index (χ4v) is 3.40. The van der Waals surface area contributed by atoms with Crippen molar-refractivity contribution in [3.8, 4) is 0 Å². The van der Waals surface area contributed by atoms with Gasteiger partial charge in [-0.25, -0.2) is 0 Å². The zero-order chi connectivity index (χ0) is 16.0. The molecule has 116 valence electrons. The van der Waals surface area contributed by atoms with Gasteiger partial charge in [-0.1, -0.05) is 17.7 Å². The summed E-state index contributed by atoms with van der Waals surface area (Å²) in [6.07, 6.45) is 2.08. The molecule has 3 rings (SSSR count). The van der Waals surface area contributed by atoms with Crippen molar-refractivity contribution in [2.45, 2.75) is 19.9 Å². The van der Waals surface area contributed by atoms with E-state index in [0.717, 1.165) is 16.2 Å². The number of rotatable bonds is 3. The minimum absolute atomic E-state index is 0.156. The number of hydrogen-bond donors (Lipinski definition) is 1. The van der Waals surface area contributed by atoms with Crippen LogP contribution in [0.1, 0.15) is 28.6 Å². The Balaban J connectivity index is 2.23. The summed E-state index contributed by atoms with van der Waals surface area (Å²) in [6, 6.07) is 6.15. The fourth-order valence-electron chi connectivity index (χ4n) is 3.22. The first-order valence-electron chi connectivity index (χ1n) is 7.33. The summed E-state index contributed by atoms with van der Waals surface area (Å²) < 4.78 is 1.95. The van der Waals surface area contributed by atoms with Crippen molar-refractivity contribution in [3.05, 3.63) is 51.9 Å². The van der Waals surface area contributed by atoms with Crippen LogP contribution in [0.5, 0.6) is 0 Å². The van der Waals surface area contributed by atoms with Gasteiger partial charge in [0.25, 0.3) is 0 Å². The normalized spacial score (nSPS) is 13.2. The van der Waals surface area contributed by atoms with E-state index in [0.29, 0.717) is 0 Å². The molecule has 1 atom stereocenters. The van der Waals surface area contributed by atoms with Gasteiger partial charge in [0.1, 0.15) is 0 Å². The average molecular weight is 317 g/mol. The van der Waals surface area contributed by atoms with Gasteiger partial charge in [0, 0.05) is 40.4 Å². The molecule has 0 aliphatic rings. The molecule has 0 aliphatic heterocycles. The van der Waals surface area contributed by atoms with Crippen LogP contribution in [0.15, 0.2) is 24.4 Å². The van der Waals surface area contributed by atoms with E-state index in [1.165, 1.54) is 22.2 Å². The molecular formula is C17H21ClN4. The van der Waals surface area contributed by atoms with Gasteiger partial charge >= 0.3 is 0 Å². The molecule has 2 heterocycles. The topological polar surface area (TPSA) is 36.9 Å². The first-order valence-corrected chi connectivity index (χ1v) is 7.71. The number of halogens is 1. The molecule has 1 unspecified atom stereocenters. The Labute approximate surface area is 135 Å². The smallest absolute Gasteiger partial charge is 0.0654 e. The fraction of sp³-hybridized carbons (Fsp3) is 0.353. The number of fused-ring (bicyclic) bond motifs is 1. The van der Waals surface area contributed by atoms with Crippen LogP contribution in [0.2, 0.25) is 5.02 Å². The van der Waals surface area contributed by atoms with E-state index in [-0.39, 0.29) is 6.04 Å². The standard InChI is InChI=1S/C17H21ClN4/c1-10-16(11(2)22(5)20-10)17(21(3)4)14-9-19-15-8-12(18)6-7-13(14)15/h6-9,17,19H,1-5H3. The highest BCUT2D eigenvalue weighted by Gasteiger charge is 2.26. The maximum absolute atomic E-state index is 6.10. The molecule has 0 aliphatic carbocycles. The van der Waals surface area contributed by atoms with E-state index < -0.39 is 0 Å². The van der Waals surface area contributed by atoms with Gasteiger partial charge in [0.15, 0.2) is 0 Å². The maximum atomic E-state index is 6.10. The van der Waals surface area contributed by atoms with Crippen molar-refractivity contribution in [2.24, 2.45) is 7.05 Å². The molecule has 1 N–H and O–H groups in total. The summed E-state index contributed by atoms with van der Waals surface area (Å²) in [6.45, 7) is 4.20. The number of nitrogens with zero attached hydrogens (tertiary/aromatic N) is 3. The molecule has 0 saturated carbocycles. The van der Waals surface area contributed by atoms with Gasteiger partial charge < -0.3 is 4.98 Å². The van der Waals surface area contributed by atoms with Crippen LogP contribution in [0.4, 0.5) is 0 Å². The lowest BCUT2D eigenvalue weighted by Crippen LogP contribution is -2.22. The molecule has 1 aromatic carbocycles. The highest BCUT2D eigenvalue weighted by atomic mass is 35.5. The van der Waals surface area contributed by atoms with E-state index in [4.69, 9.17) is 11.6 Å². The third kappa shape index (κ3) is 2.32. The number of aryl methyl sites for hydroxylation is 2. The van der Waals surface area contributed by atoms with Crippen molar-refractivity contribution >= 4 is 22.5 Å². The Bertz CT molecular complexity index is 829. The Morgan fingerprint density at radius 1 is 1.27 bits per heavy atom. The average Bonchev–Trinajstić information content (AvgIpc) is 2.95. The monoisotopic (exact) mass is 316 g/mol. The van der Waals surface area contributed by atoms with Crippen LogP contribution in [0.25, 0.3) is 10.9 Å². The Kier molecular flexibility index (Phi) is 3.75. The molecule has 0 radical (unpaired) electrons. The predicted molar refractivity (Wildman–Crippen MR) is 91.5 cm³/mol. The molecule has 0 amide bonds. The van der Waals surface area contributed by atoms with Crippen LogP contribution in [-0.4, -0.2) is 33.8 Å². The number of aromatic nitrogens is 3. The molecule has 5 heteroatoms. The van der Waals surface area contributed by atoms with E-state index in [1.807, 2.05) is 23.9 Å². The molecule has 2 aromatic heterocycles.